The highest BCUT2D eigenvalue weighted by molar-refractivity contribution is 4.86. The predicted molar refractivity (Wildman–Crippen MR) is 40.6 cm³/mol. The van der Waals surface area contributed by atoms with Gasteiger partial charge < -0.3 is 0 Å². The Balaban J connectivity index is 2.51. The van der Waals surface area contributed by atoms with Crippen LogP contribution in [0.5, 0.6) is 0 Å². The highest BCUT2D eigenvalue weighted by Crippen LogP contribution is 2.38. The SMILES string of the molecule is CC1(C)CC[C@H](N=[N+]=[N-])C1. The molecule has 1 fully saturated rings. The molecule has 1 rings (SSSR count). The number of hydrogen-bond donors (Lipinski definition) is 0. The molecule has 1 aliphatic rings. The van der Waals surface area contributed by atoms with Crippen LogP contribution in [0, 0.1) is 5.41 Å². The molecule has 0 amide bonds. The zero-order valence-corrected chi connectivity index (χ0v) is 6.54. The van der Waals surface area contributed by atoms with Gasteiger partial charge in [-0.25, -0.2) is 0 Å². The van der Waals surface area contributed by atoms with Crippen molar-refractivity contribution in [2.24, 2.45) is 10.5 Å². The average molecular weight is 139 g/mol. The fourth-order valence-corrected chi connectivity index (χ4v) is 1.57. The zero-order valence-electron chi connectivity index (χ0n) is 6.54. The Labute approximate surface area is 61.1 Å². The molecular formula is C7H13N3. The van der Waals surface area contributed by atoms with Gasteiger partial charge in [-0.1, -0.05) is 19.0 Å². The maximum atomic E-state index is 8.16. The summed E-state index contributed by atoms with van der Waals surface area (Å²) in [5.41, 5.74) is 8.56. The van der Waals surface area contributed by atoms with Crippen LogP contribution in [0.25, 0.3) is 10.4 Å². The van der Waals surface area contributed by atoms with Gasteiger partial charge in [-0.3, -0.25) is 0 Å². The quantitative estimate of drug-likeness (QED) is 0.304. The number of rotatable bonds is 1. The van der Waals surface area contributed by atoms with Crippen molar-refractivity contribution in [1.82, 2.24) is 0 Å². The minimum atomic E-state index is 0.264. The van der Waals surface area contributed by atoms with Gasteiger partial charge in [0.1, 0.15) is 0 Å². The van der Waals surface area contributed by atoms with Crippen LogP contribution in [0.3, 0.4) is 0 Å². The molecule has 0 aliphatic heterocycles. The summed E-state index contributed by atoms with van der Waals surface area (Å²) in [6.07, 6.45) is 3.31. The van der Waals surface area contributed by atoms with Gasteiger partial charge in [0.05, 0.1) is 0 Å². The van der Waals surface area contributed by atoms with Crippen molar-refractivity contribution in [3.63, 3.8) is 0 Å². The van der Waals surface area contributed by atoms with Crippen LogP contribution >= 0.6 is 0 Å². The van der Waals surface area contributed by atoms with Gasteiger partial charge in [0.15, 0.2) is 0 Å². The van der Waals surface area contributed by atoms with E-state index >= 15 is 0 Å². The van der Waals surface area contributed by atoms with Crippen LogP contribution < -0.4 is 0 Å². The van der Waals surface area contributed by atoms with Gasteiger partial charge in [0, 0.05) is 11.0 Å². The maximum Gasteiger partial charge on any atom is 0.0379 e. The van der Waals surface area contributed by atoms with Crippen molar-refractivity contribution in [1.29, 1.82) is 0 Å². The first-order valence-corrected chi connectivity index (χ1v) is 3.68. The lowest BCUT2D eigenvalue weighted by Crippen LogP contribution is -2.05. The molecule has 1 atom stereocenters. The molecule has 1 saturated carbocycles. The molecule has 0 heterocycles. The first-order chi connectivity index (χ1) is 4.64. The van der Waals surface area contributed by atoms with E-state index in [4.69, 9.17) is 5.53 Å². The molecule has 0 aromatic rings. The van der Waals surface area contributed by atoms with Gasteiger partial charge in [-0.2, -0.15) is 0 Å². The first-order valence-electron chi connectivity index (χ1n) is 3.68. The summed E-state index contributed by atoms with van der Waals surface area (Å²) < 4.78 is 0. The van der Waals surface area contributed by atoms with Crippen LogP contribution in [-0.2, 0) is 0 Å². The monoisotopic (exact) mass is 139 g/mol. The van der Waals surface area contributed by atoms with Gasteiger partial charge in [-0.15, -0.1) is 0 Å². The fourth-order valence-electron chi connectivity index (χ4n) is 1.57. The molecule has 0 aromatic carbocycles. The van der Waals surface area contributed by atoms with E-state index in [-0.39, 0.29) is 6.04 Å². The standard InChI is InChI=1S/C7H13N3/c1-7(2)4-3-6(5-7)9-10-8/h6H,3-5H2,1-2H3/t6-/m0/s1. The second-order valence-electron chi connectivity index (χ2n) is 3.77. The minimum absolute atomic E-state index is 0.264. The van der Waals surface area contributed by atoms with E-state index in [1.807, 2.05) is 0 Å². The molecule has 0 bridgehead atoms. The van der Waals surface area contributed by atoms with Crippen molar-refractivity contribution in [2.75, 3.05) is 0 Å². The molecule has 3 heteroatoms. The van der Waals surface area contributed by atoms with Gasteiger partial charge in [-0.05, 0) is 30.2 Å². The molecular weight excluding hydrogens is 126 g/mol. The number of nitrogens with zero attached hydrogens (tertiary/aromatic N) is 3. The highest BCUT2D eigenvalue weighted by Gasteiger charge is 2.29. The Morgan fingerprint density at radius 3 is 2.70 bits per heavy atom. The van der Waals surface area contributed by atoms with E-state index in [1.165, 1.54) is 6.42 Å². The van der Waals surface area contributed by atoms with Crippen molar-refractivity contribution >= 4 is 0 Å². The Kier molecular flexibility index (Phi) is 1.86. The summed E-state index contributed by atoms with van der Waals surface area (Å²) in [6.45, 7) is 4.44. The largest absolute Gasteiger partial charge is 0.0906 e. The molecule has 0 N–H and O–H groups in total. The van der Waals surface area contributed by atoms with Crippen LogP contribution in [0.4, 0.5) is 0 Å². The topological polar surface area (TPSA) is 48.8 Å². The van der Waals surface area contributed by atoms with E-state index in [2.05, 4.69) is 23.9 Å². The number of azide groups is 1. The van der Waals surface area contributed by atoms with Gasteiger partial charge in [0.2, 0.25) is 0 Å². The van der Waals surface area contributed by atoms with E-state index in [0.717, 1.165) is 12.8 Å². The Morgan fingerprint density at radius 1 is 1.60 bits per heavy atom. The lowest BCUT2D eigenvalue weighted by molar-refractivity contribution is 0.376. The minimum Gasteiger partial charge on any atom is -0.0906 e. The van der Waals surface area contributed by atoms with Crippen LogP contribution in [0.15, 0.2) is 5.11 Å². The molecule has 56 valence electrons. The maximum absolute atomic E-state index is 8.16. The lowest BCUT2D eigenvalue weighted by atomic mass is 9.92. The molecule has 1 aliphatic carbocycles. The summed E-state index contributed by atoms with van der Waals surface area (Å²) >= 11 is 0. The molecule has 0 aromatic heterocycles. The van der Waals surface area contributed by atoms with Gasteiger partial charge in [0.25, 0.3) is 0 Å². The summed E-state index contributed by atoms with van der Waals surface area (Å²) in [7, 11) is 0. The normalized spacial score (nSPS) is 29.6. The van der Waals surface area contributed by atoms with Crippen LogP contribution in [-0.4, -0.2) is 6.04 Å². The molecule has 0 spiro atoms. The van der Waals surface area contributed by atoms with Crippen molar-refractivity contribution < 1.29 is 0 Å². The Morgan fingerprint density at radius 2 is 2.30 bits per heavy atom. The summed E-state index contributed by atoms with van der Waals surface area (Å²) in [5.74, 6) is 0. The predicted octanol–water partition coefficient (Wildman–Crippen LogP) is 2.88. The Bertz CT molecular complexity index is 168. The van der Waals surface area contributed by atoms with Gasteiger partial charge >= 0.3 is 0 Å². The fraction of sp³-hybridized carbons (Fsp3) is 1.00. The molecule has 10 heavy (non-hydrogen) atoms. The third kappa shape index (κ3) is 1.64. The van der Waals surface area contributed by atoms with Crippen LogP contribution in [0.1, 0.15) is 33.1 Å². The third-order valence-corrected chi connectivity index (χ3v) is 2.16. The van der Waals surface area contributed by atoms with E-state index in [0.29, 0.717) is 5.41 Å². The third-order valence-electron chi connectivity index (χ3n) is 2.16. The van der Waals surface area contributed by atoms with E-state index in [1.54, 1.807) is 0 Å². The number of hydrogen-bond acceptors (Lipinski definition) is 1. The highest BCUT2D eigenvalue weighted by atomic mass is 15.1. The van der Waals surface area contributed by atoms with E-state index < -0.39 is 0 Å². The summed E-state index contributed by atoms with van der Waals surface area (Å²) in [5, 5.41) is 3.70. The molecule has 3 nitrogen and oxygen atoms in total. The van der Waals surface area contributed by atoms with Crippen molar-refractivity contribution in [2.45, 2.75) is 39.2 Å². The first kappa shape index (κ1) is 7.42. The second kappa shape index (κ2) is 2.51. The molecule has 0 unspecified atom stereocenters. The lowest BCUT2D eigenvalue weighted by Gasteiger charge is -2.14. The average Bonchev–Trinajstić information content (AvgIpc) is 2.12. The summed E-state index contributed by atoms with van der Waals surface area (Å²) in [4.78, 5) is 2.81. The Hall–Kier alpha value is -0.690. The van der Waals surface area contributed by atoms with E-state index in [9.17, 15) is 0 Å². The molecule has 0 saturated heterocycles. The second-order valence-corrected chi connectivity index (χ2v) is 3.77. The van der Waals surface area contributed by atoms with Crippen molar-refractivity contribution in [3.8, 4) is 0 Å². The molecule has 0 radical (unpaired) electrons. The van der Waals surface area contributed by atoms with Crippen LogP contribution in [0.2, 0.25) is 0 Å². The summed E-state index contributed by atoms with van der Waals surface area (Å²) in [6, 6.07) is 0.264. The smallest absolute Gasteiger partial charge is 0.0379 e. The van der Waals surface area contributed by atoms with Crippen molar-refractivity contribution in [3.05, 3.63) is 10.4 Å². The zero-order chi connectivity index (χ0) is 7.61.